The van der Waals surface area contributed by atoms with Crippen LogP contribution in [0.2, 0.25) is 0 Å². The van der Waals surface area contributed by atoms with Crippen LogP contribution in [0, 0.1) is 11.8 Å². The van der Waals surface area contributed by atoms with Crippen LogP contribution in [-0.4, -0.2) is 18.3 Å². The van der Waals surface area contributed by atoms with Crippen molar-refractivity contribution in [3.63, 3.8) is 0 Å². The highest BCUT2D eigenvalue weighted by atomic mass is 16.6. The van der Waals surface area contributed by atoms with Crippen molar-refractivity contribution in [2.24, 2.45) is 0 Å². The second-order valence-corrected chi connectivity index (χ2v) is 7.20. The minimum absolute atomic E-state index is 0.145. The highest BCUT2D eigenvalue weighted by Gasteiger charge is 2.18. The zero-order valence-electron chi connectivity index (χ0n) is 16.6. The van der Waals surface area contributed by atoms with Gasteiger partial charge in [-0.15, -0.1) is 0 Å². The summed E-state index contributed by atoms with van der Waals surface area (Å²) in [4.78, 5) is 11.9. The molecule has 27 heavy (non-hydrogen) atoms. The van der Waals surface area contributed by atoms with Gasteiger partial charge in [-0.1, -0.05) is 24.0 Å². The molecule has 0 spiro atoms. The third-order valence-electron chi connectivity index (χ3n) is 3.66. The molecule has 4 heteroatoms. The summed E-state index contributed by atoms with van der Waals surface area (Å²) in [5.74, 6) is 7.14. The first kappa shape index (κ1) is 20.4. The van der Waals surface area contributed by atoms with Gasteiger partial charge in [-0.3, -0.25) is 0 Å². The van der Waals surface area contributed by atoms with Gasteiger partial charge in [-0.05, 0) is 76.6 Å². The molecule has 0 aromatic heterocycles. The maximum absolute atomic E-state index is 11.9. The van der Waals surface area contributed by atoms with Gasteiger partial charge >= 0.3 is 6.09 Å². The van der Waals surface area contributed by atoms with Gasteiger partial charge in [0.2, 0.25) is 0 Å². The van der Waals surface area contributed by atoms with Crippen molar-refractivity contribution in [2.75, 3.05) is 6.61 Å². The first-order valence-corrected chi connectivity index (χ1v) is 9.11. The normalized spacial score (nSPS) is 11.7. The summed E-state index contributed by atoms with van der Waals surface area (Å²) in [5.41, 5.74) is 2.33. The number of carbonyl (C=O) groups is 1. The van der Waals surface area contributed by atoms with E-state index in [9.17, 15) is 4.79 Å². The summed E-state index contributed by atoms with van der Waals surface area (Å²) in [6.07, 6.45) is -0.422. The van der Waals surface area contributed by atoms with Crippen molar-refractivity contribution in [1.29, 1.82) is 0 Å². The number of nitrogens with one attached hydrogen (secondary N) is 1. The zero-order chi connectivity index (χ0) is 19.9. The van der Waals surface area contributed by atoms with Gasteiger partial charge in [-0.2, -0.15) is 0 Å². The molecule has 2 aromatic rings. The molecule has 1 atom stereocenters. The SMILES string of the molecule is CCOc1ccc(C#Cc2ccc(C(C)NC(=O)OC(C)(C)C)cc2)cc1. The Morgan fingerprint density at radius 3 is 2.00 bits per heavy atom. The molecule has 0 aliphatic carbocycles. The average Bonchev–Trinajstić information content (AvgIpc) is 2.60. The quantitative estimate of drug-likeness (QED) is 0.770. The highest BCUT2D eigenvalue weighted by Crippen LogP contribution is 2.15. The molecule has 0 fully saturated rings. The van der Waals surface area contributed by atoms with E-state index in [1.807, 2.05) is 83.1 Å². The van der Waals surface area contributed by atoms with Gasteiger partial charge in [0.05, 0.1) is 12.6 Å². The van der Waals surface area contributed by atoms with Crippen LogP contribution in [0.25, 0.3) is 0 Å². The lowest BCUT2D eigenvalue weighted by molar-refractivity contribution is 0.0508. The van der Waals surface area contributed by atoms with Gasteiger partial charge in [0.1, 0.15) is 11.4 Å². The fourth-order valence-corrected chi connectivity index (χ4v) is 2.37. The molecule has 0 saturated heterocycles. The number of amides is 1. The fraction of sp³-hybridized carbons (Fsp3) is 0.348. The molecule has 4 nitrogen and oxygen atoms in total. The maximum atomic E-state index is 11.9. The van der Waals surface area contributed by atoms with Gasteiger partial charge in [0.15, 0.2) is 0 Å². The van der Waals surface area contributed by atoms with E-state index < -0.39 is 11.7 Å². The molecule has 2 aromatic carbocycles. The Morgan fingerprint density at radius 2 is 1.52 bits per heavy atom. The van der Waals surface area contributed by atoms with E-state index in [0.717, 1.165) is 22.4 Å². The molecule has 0 aliphatic heterocycles. The van der Waals surface area contributed by atoms with E-state index in [1.165, 1.54) is 0 Å². The van der Waals surface area contributed by atoms with E-state index in [0.29, 0.717) is 6.61 Å². The van der Waals surface area contributed by atoms with Crippen molar-refractivity contribution in [1.82, 2.24) is 5.32 Å². The van der Waals surface area contributed by atoms with Crippen LogP contribution in [0.5, 0.6) is 5.75 Å². The Hall–Kier alpha value is -2.93. The lowest BCUT2D eigenvalue weighted by Crippen LogP contribution is -2.34. The lowest BCUT2D eigenvalue weighted by atomic mass is 10.1. The molecule has 0 bridgehead atoms. The smallest absolute Gasteiger partial charge is 0.408 e. The number of carbonyl (C=O) groups excluding carboxylic acids is 1. The zero-order valence-corrected chi connectivity index (χ0v) is 16.6. The minimum Gasteiger partial charge on any atom is -0.494 e. The van der Waals surface area contributed by atoms with Crippen LogP contribution in [0.3, 0.4) is 0 Å². The summed E-state index contributed by atoms with van der Waals surface area (Å²) in [7, 11) is 0. The van der Waals surface area contributed by atoms with Gasteiger partial charge in [-0.25, -0.2) is 4.79 Å². The predicted octanol–water partition coefficient (Wildman–Crippen LogP) is 5.07. The van der Waals surface area contributed by atoms with Crippen molar-refractivity contribution in [2.45, 2.75) is 46.3 Å². The van der Waals surface area contributed by atoms with Crippen molar-refractivity contribution in [3.8, 4) is 17.6 Å². The number of hydrogen-bond acceptors (Lipinski definition) is 3. The number of benzene rings is 2. The maximum Gasteiger partial charge on any atom is 0.408 e. The summed E-state index contributed by atoms with van der Waals surface area (Å²) >= 11 is 0. The second kappa shape index (κ2) is 9.14. The van der Waals surface area contributed by atoms with Crippen LogP contribution >= 0.6 is 0 Å². The van der Waals surface area contributed by atoms with Crippen LogP contribution < -0.4 is 10.1 Å². The molecular formula is C23H27NO3. The topological polar surface area (TPSA) is 47.6 Å². The van der Waals surface area contributed by atoms with Crippen molar-refractivity contribution < 1.29 is 14.3 Å². The molecule has 1 unspecified atom stereocenters. The number of alkyl carbamates (subject to hydrolysis) is 1. The standard InChI is InChI=1S/C23H27NO3/c1-6-26-21-15-11-19(12-16-21)8-7-18-9-13-20(14-10-18)17(2)24-22(25)27-23(3,4)5/h9-17H,6H2,1-5H3,(H,24,25). The van der Waals surface area contributed by atoms with Crippen LogP contribution in [0.1, 0.15) is 57.4 Å². The molecule has 1 N–H and O–H groups in total. The summed E-state index contributed by atoms with van der Waals surface area (Å²) in [6.45, 7) is 10.1. The molecular weight excluding hydrogens is 338 g/mol. The third kappa shape index (κ3) is 7.07. The monoisotopic (exact) mass is 365 g/mol. The van der Waals surface area contributed by atoms with E-state index >= 15 is 0 Å². The number of hydrogen-bond donors (Lipinski definition) is 1. The van der Waals surface area contributed by atoms with E-state index in [-0.39, 0.29) is 6.04 Å². The molecule has 1 amide bonds. The molecule has 2 rings (SSSR count). The minimum atomic E-state index is -0.510. The van der Waals surface area contributed by atoms with Crippen LogP contribution in [0.4, 0.5) is 4.79 Å². The summed E-state index contributed by atoms with van der Waals surface area (Å²) < 4.78 is 10.7. The molecule has 0 aliphatic rings. The molecule has 142 valence electrons. The molecule has 0 saturated carbocycles. The fourth-order valence-electron chi connectivity index (χ4n) is 2.37. The lowest BCUT2D eigenvalue weighted by Gasteiger charge is -2.22. The average molecular weight is 365 g/mol. The number of rotatable bonds is 4. The second-order valence-electron chi connectivity index (χ2n) is 7.20. The van der Waals surface area contributed by atoms with E-state index in [4.69, 9.17) is 9.47 Å². The van der Waals surface area contributed by atoms with E-state index in [2.05, 4.69) is 17.2 Å². The number of ether oxygens (including phenoxy) is 2. The predicted molar refractivity (Wildman–Crippen MR) is 108 cm³/mol. The highest BCUT2D eigenvalue weighted by molar-refractivity contribution is 5.68. The Kier molecular flexibility index (Phi) is 6.90. The first-order chi connectivity index (χ1) is 12.8. The first-order valence-electron chi connectivity index (χ1n) is 9.11. The summed E-state index contributed by atoms with van der Waals surface area (Å²) in [5, 5.41) is 2.84. The Bertz CT molecular complexity index is 806. The molecule has 0 radical (unpaired) electrons. The molecule has 0 heterocycles. The Balaban J connectivity index is 1.98. The van der Waals surface area contributed by atoms with E-state index in [1.54, 1.807) is 0 Å². The van der Waals surface area contributed by atoms with Crippen LogP contribution in [-0.2, 0) is 4.74 Å². The Labute approximate surface area is 161 Å². The summed E-state index contributed by atoms with van der Waals surface area (Å²) in [6, 6.07) is 15.4. The van der Waals surface area contributed by atoms with Crippen LogP contribution in [0.15, 0.2) is 48.5 Å². The van der Waals surface area contributed by atoms with Gasteiger partial charge in [0, 0.05) is 11.1 Å². The van der Waals surface area contributed by atoms with Gasteiger partial charge in [0.25, 0.3) is 0 Å². The van der Waals surface area contributed by atoms with Crippen molar-refractivity contribution >= 4 is 6.09 Å². The third-order valence-corrected chi connectivity index (χ3v) is 3.66. The Morgan fingerprint density at radius 1 is 1.00 bits per heavy atom. The van der Waals surface area contributed by atoms with Crippen molar-refractivity contribution in [3.05, 3.63) is 65.2 Å². The largest absolute Gasteiger partial charge is 0.494 e. The van der Waals surface area contributed by atoms with Gasteiger partial charge < -0.3 is 14.8 Å².